The molecular formula is C28H37ClFN5O3. The SMILES string of the molecule is CNC(=O)C(Cc1ccc(Cl)cc1)N1CCN(C(=O)C(Cc2ccc(F)cc2)NC(=O)C(C)(C)N)C(C)C1. The number of rotatable bonds is 9. The number of piperazine rings is 1. The number of nitrogens with zero attached hydrogens (tertiary/aromatic N) is 2. The van der Waals surface area contributed by atoms with Crippen LogP contribution in [-0.2, 0) is 27.2 Å². The van der Waals surface area contributed by atoms with Gasteiger partial charge in [-0.3, -0.25) is 19.3 Å². The fraction of sp³-hybridized carbons (Fsp3) is 0.464. The van der Waals surface area contributed by atoms with Crippen molar-refractivity contribution in [2.75, 3.05) is 26.7 Å². The first-order valence-corrected chi connectivity index (χ1v) is 13.1. The number of hydrogen-bond donors (Lipinski definition) is 3. The second kappa shape index (κ2) is 12.7. The fourth-order valence-corrected chi connectivity index (χ4v) is 4.72. The Morgan fingerprint density at radius 2 is 1.63 bits per heavy atom. The molecular weight excluding hydrogens is 509 g/mol. The molecule has 2 aromatic carbocycles. The Morgan fingerprint density at radius 1 is 1.05 bits per heavy atom. The maximum absolute atomic E-state index is 13.7. The highest BCUT2D eigenvalue weighted by molar-refractivity contribution is 6.30. The van der Waals surface area contributed by atoms with Gasteiger partial charge in [-0.1, -0.05) is 35.9 Å². The Labute approximate surface area is 228 Å². The molecule has 0 aliphatic carbocycles. The minimum Gasteiger partial charge on any atom is -0.358 e. The first-order chi connectivity index (χ1) is 17.9. The van der Waals surface area contributed by atoms with Gasteiger partial charge in [0.1, 0.15) is 11.9 Å². The monoisotopic (exact) mass is 545 g/mol. The van der Waals surface area contributed by atoms with Crippen LogP contribution in [0, 0.1) is 5.82 Å². The molecule has 3 unspecified atom stereocenters. The van der Waals surface area contributed by atoms with E-state index in [0.29, 0.717) is 36.6 Å². The number of amides is 3. The third-order valence-corrected chi connectivity index (χ3v) is 7.07. The van der Waals surface area contributed by atoms with Crippen LogP contribution in [0.1, 0.15) is 31.9 Å². The molecule has 4 N–H and O–H groups in total. The average Bonchev–Trinajstić information content (AvgIpc) is 2.87. The lowest BCUT2D eigenvalue weighted by atomic mass is 9.99. The molecule has 0 radical (unpaired) electrons. The van der Waals surface area contributed by atoms with Gasteiger partial charge in [0, 0.05) is 44.2 Å². The Balaban J connectivity index is 1.75. The highest BCUT2D eigenvalue weighted by Crippen LogP contribution is 2.19. The summed E-state index contributed by atoms with van der Waals surface area (Å²) in [6.45, 7) is 6.43. The second-order valence-electron chi connectivity index (χ2n) is 10.4. The average molecular weight is 546 g/mol. The quantitative estimate of drug-likeness (QED) is 0.447. The zero-order valence-electron chi connectivity index (χ0n) is 22.3. The molecule has 38 heavy (non-hydrogen) atoms. The van der Waals surface area contributed by atoms with Gasteiger partial charge in [-0.2, -0.15) is 0 Å². The smallest absolute Gasteiger partial charge is 0.245 e. The molecule has 0 bridgehead atoms. The lowest BCUT2D eigenvalue weighted by molar-refractivity contribution is -0.142. The van der Waals surface area contributed by atoms with E-state index < -0.39 is 23.5 Å². The van der Waals surface area contributed by atoms with Crippen molar-refractivity contribution < 1.29 is 18.8 Å². The zero-order chi connectivity index (χ0) is 28.0. The first kappa shape index (κ1) is 29.5. The maximum atomic E-state index is 13.7. The maximum Gasteiger partial charge on any atom is 0.245 e. The summed E-state index contributed by atoms with van der Waals surface area (Å²) in [5.41, 5.74) is 6.50. The van der Waals surface area contributed by atoms with E-state index in [-0.39, 0.29) is 30.1 Å². The Kier molecular flexibility index (Phi) is 9.87. The summed E-state index contributed by atoms with van der Waals surface area (Å²) >= 11 is 6.01. The number of halogens is 2. The van der Waals surface area contributed by atoms with E-state index in [1.54, 1.807) is 50.1 Å². The molecule has 1 aliphatic rings. The van der Waals surface area contributed by atoms with Crippen LogP contribution in [-0.4, -0.2) is 77.9 Å². The van der Waals surface area contributed by atoms with Crippen molar-refractivity contribution in [1.82, 2.24) is 20.4 Å². The predicted molar refractivity (Wildman–Crippen MR) is 146 cm³/mol. The zero-order valence-corrected chi connectivity index (χ0v) is 23.1. The summed E-state index contributed by atoms with van der Waals surface area (Å²) < 4.78 is 13.4. The molecule has 2 aromatic rings. The second-order valence-corrected chi connectivity index (χ2v) is 10.9. The van der Waals surface area contributed by atoms with Gasteiger partial charge >= 0.3 is 0 Å². The van der Waals surface area contributed by atoms with E-state index in [0.717, 1.165) is 5.56 Å². The van der Waals surface area contributed by atoms with Gasteiger partial charge in [-0.05, 0) is 62.6 Å². The third-order valence-electron chi connectivity index (χ3n) is 6.82. The van der Waals surface area contributed by atoms with Crippen molar-refractivity contribution in [2.24, 2.45) is 5.73 Å². The number of hydrogen-bond acceptors (Lipinski definition) is 5. The van der Waals surface area contributed by atoms with Gasteiger partial charge in [0.05, 0.1) is 11.6 Å². The normalized spacial score (nSPS) is 18.0. The minimum atomic E-state index is -1.17. The summed E-state index contributed by atoms with van der Waals surface area (Å²) in [4.78, 5) is 43.0. The number of carbonyl (C=O) groups excluding carboxylic acids is 3. The molecule has 1 fully saturated rings. The minimum absolute atomic E-state index is 0.0986. The lowest BCUT2D eigenvalue weighted by Gasteiger charge is -2.44. The fourth-order valence-electron chi connectivity index (χ4n) is 4.59. The molecule has 206 valence electrons. The Hall–Kier alpha value is -3.01. The molecule has 3 rings (SSSR count). The van der Waals surface area contributed by atoms with E-state index in [2.05, 4.69) is 15.5 Å². The van der Waals surface area contributed by atoms with Crippen LogP contribution >= 0.6 is 11.6 Å². The van der Waals surface area contributed by atoms with Gasteiger partial charge in [-0.15, -0.1) is 0 Å². The van der Waals surface area contributed by atoms with E-state index in [1.807, 2.05) is 19.1 Å². The summed E-state index contributed by atoms with van der Waals surface area (Å²) in [6, 6.07) is 11.8. The van der Waals surface area contributed by atoms with Gasteiger partial charge in [0.25, 0.3) is 0 Å². The molecule has 1 heterocycles. The molecule has 1 aliphatic heterocycles. The van der Waals surface area contributed by atoms with Crippen molar-refractivity contribution in [2.45, 2.75) is 57.3 Å². The first-order valence-electron chi connectivity index (χ1n) is 12.7. The number of carbonyl (C=O) groups is 3. The number of nitrogens with two attached hydrogens (primary N) is 1. The van der Waals surface area contributed by atoms with Crippen molar-refractivity contribution in [3.63, 3.8) is 0 Å². The van der Waals surface area contributed by atoms with E-state index in [1.165, 1.54) is 12.1 Å². The summed E-state index contributed by atoms with van der Waals surface area (Å²) in [6.07, 6.45) is 0.706. The van der Waals surface area contributed by atoms with Crippen molar-refractivity contribution in [1.29, 1.82) is 0 Å². The molecule has 3 atom stereocenters. The highest BCUT2D eigenvalue weighted by atomic mass is 35.5. The van der Waals surface area contributed by atoms with Crippen LogP contribution < -0.4 is 16.4 Å². The number of likely N-dealkylation sites (N-methyl/N-ethyl adjacent to an activating group) is 1. The van der Waals surface area contributed by atoms with Crippen LogP contribution in [0.3, 0.4) is 0 Å². The van der Waals surface area contributed by atoms with E-state index >= 15 is 0 Å². The van der Waals surface area contributed by atoms with Crippen molar-refractivity contribution >= 4 is 29.3 Å². The predicted octanol–water partition coefficient (Wildman–Crippen LogP) is 2.13. The lowest BCUT2D eigenvalue weighted by Crippen LogP contribution is -2.63. The molecule has 0 aromatic heterocycles. The van der Waals surface area contributed by atoms with Crippen LogP contribution in [0.15, 0.2) is 48.5 Å². The van der Waals surface area contributed by atoms with E-state index in [9.17, 15) is 18.8 Å². The van der Waals surface area contributed by atoms with Crippen LogP contribution in [0.4, 0.5) is 4.39 Å². The molecule has 3 amide bonds. The molecule has 1 saturated heterocycles. The van der Waals surface area contributed by atoms with E-state index in [4.69, 9.17) is 17.3 Å². The number of benzene rings is 2. The summed E-state index contributed by atoms with van der Waals surface area (Å²) in [5.74, 6) is -1.17. The van der Waals surface area contributed by atoms with Crippen molar-refractivity contribution in [3.05, 3.63) is 70.5 Å². The van der Waals surface area contributed by atoms with Crippen LogP contribution in [0.5, 0.6) is 0 Å². The molecule has 10 heteroatoms. The standard InChI is InChI=1S/C28H37ClFN5O3/c1-18-17-34(24(25(36)32-4)16-20-5-9-21(29)10-6-20)13-14-35(18)26(37)23(33-27(38)28(2,3)31)15-19-7-11-22(30)12-8-19/h5-12,18,23-24H,13-17,31H2,1-4H3,(H,32,36)(H,33,38). The Bertz CT molecular complexity index is 1120. The van der Waals surface area contributed by atoms with Crippen molar-refractivity contribution in [3.8, 4) is 0 Å². The van der Waals surface area contributed by atoms with Gasteiger partial charge in [-0.25, -0.2) is 4.39 Å². The molecule has 0 spiro atoms. The third kappa shape index (κ3) is 7.75. The Morgan fingerprint density at radius 3 is 2.18 bits per heavy atom. The van der Waals surface area contributed by atoms with Crippen LogP contribution in [0.25, 0.3) is 0 Å². The molecule has 8 nitrogen and oxygen atoms in total. The van der Waals surface area contributed by atoms with Gasteiger partial charge < -0.3 is 21.3 Å². The van der Waals surface area contributed by atoms with Crippen LogP contribution in [0.2, 0.25) is 5.02 Å². The molecule has 0 saturated carbocycles. The highest BCUT2D eigenvalue weighted by Gasteiger charge is 2.37. The topological polar surface area (TPSA) is 108 Å². The largest absolute Gasteiger partial charge is 0.358 e. The van der Waals surface area contributed by atoms with Gasteiger partial charge in [0.15, 0.2) is 0 Å². The van der Waals surface area contributed by atoms with Gasteiger partial charge in [0.2, 0.25) is 17.7 Å². The summed E-state index contributed by atoms with van der Waals surface area (Å²) in [5, 5.41) is 6.18. The number of nitrogens with one attached hydrogen (secondary N) is 2. The summed E-state index contributed by atoms with van der Waals surface area (Å²) in [7, 11) is 1.61.